The van der Waals surface area contributed by atoms with Crippen LogP contribution in [-0.2, 0) is 4.79 Å². The summed E-state index contributed by atoms with van der Waals surface area (Å²) >= 11 is 0. The molecule has 1 aliphatic rings. The molecular weight excluding hydrogens is 260 g/mol. The third kappa shape index (κ3) is 3.28. The Morgan fingerprint density at radius 3 is 3.05 bits per heavy atom. The number of carbonyl (C=O) groups excluding carboxylic acids is 1. The van der Waals surface area contributed by atoms with Gasteiger partial charge in [0.15, 0.2) is 0 Å². The van der Waals surface area contributed by atoms with E-state index < -0.39 is 11.9 Å². The van der Waals surface area contributed by atoms with E-state index in [2.05, 4.69) is 15.3 Å². The number of likely N-dealkylation sites (tertiary alicyclic amines) is 1. The monoisotopic (exact) mass is 280 g/mol. The van der Waals surface area contributed by atoms with Crippen LogP contribution in [0.15, 0.2) is 12.4 Å². The number of imidazole rings is 1. The molecule has 1 saturated heterocycles. The summed E-state index contributed by atoms with van der Waals surface area (Å²) in [6.07, 6.45) is 5.43. The molecule has 7 nitrogen and oxygen atoms in total. The maximum Gasteiger partial charge on any atom is 0.318 e. The molecule has 2 atom stereocenters. The minimum atomic E-state index is -0.833. The number of hydrogen-bond donors (Lipinski definition) is 3. The second-order valence-electron chi connectivity index (χ2n) is 5.01. The second kappa shape index (κ2) is 6.40. The predicted molar refractivity (Wildman–Crippen MR) is 72.1 cm³/mol. The van der Waals surface area contributed by atoms with Crippen LogP contribution in [0.25, 0.3) is 0 Å². The van der Waals surface area contributed by atoms with Gasteiger partial charge in [-0.1, -0.05) is 6.92 Å². The van der Waals surface area contributed by atoms with Crippen LogP contribution in [0.2, 0.25) is 0 Å². The Balaban J connectivity index is 1.95. The molecule has 2 heterocycles. The van der Waals surface area contributed by atoms with E-state index in [9.17, 15) is 9.59 Å². The highest BCUT2D eigenvalue weighted by atomic mass is 16.4. The normalized spacial score (nSPS) is 20.4. The Labute approximate surface area is 117 Å². The maximum atomic E-state index is 12.2. The van der Waals surface area contributed by atoms with Crippen molar-refractivity contribution in [2.24, 2.45) is 5.92 Å². The van der Waals surface area contributed by atoms with Gasteiger partial charge in [0.2, 0.25) is 0 Å². The molecule has 1 aromatic heterocycles. The molecule has 0 aromatic carbocycles. The number of carbonyl (C=O) groups is 2. The number of carboxylic acid groups (broad SMARTS) is 1. The van der Waals surface area contributed by atoms with E-state index in [0.717, 1.165) is 12.8 Å². The van der Waals surface area contributed by atoms with Crippen LogP contribution in [0.3, 0.4) is 0 Å². The van der Waals surface area contributed by atoms with Gasteiger partial charge in [0.05, 0.1) is 12.0 Å². The molecule has 1 fully saturated rings. The minimum Gasteiger partial charge on any atom is -0.481 e. The first-order valence-corrected chi connectivity index (χ1v) is 6.89. The lowest BCUT2D eigenvalue weighted by atomic mass is 9.99. The van der Waals surface area contributed by atoms with Gasteiger partial charge in [0, 0.05) is 25.5 Å². The number of hydrogen-bond acceptors (Lipinski definition) is 3. The average Bonchev–Trinajstić information content (AvgIpc) is 2.98. The molecule has 0 bridgehead atoms. The fraction of sp³-hybridized carbons (Fsp3) is 0.615. The predicted octanol–water partition coefficient (Wildman–Crippen LogP) is 1.37. The molecule has 3 N–H and O–H groups in total. The number of amides is 2. The number of nitrogens with zero attached hydrogens (tertiary/aromatic N) is 2. The summed E-state index contributed by atoms with van der Waals surface area (Å²) in [5, 5.41) is 11.9. The Kier molecular flexibility index (Phi) is 4.60. The molecule has 0 spiro atoms. The highest BCUT2D eigenvalue weighted by Crippen LogP contribution is 2.18. The molecule has 1 aromatic rings. The van der Waals surface area contributed by atoms with Crippen LogP contribution in [-0.4, -0.2) is 45.1 Å². The lowest BCUT2D eigenvalue weighted by Gasteiger charge is -2.31. The Morgan fingerprint density at radius 2 is 2.45 bits per heavy atom. The summed E-state index contributed by atoms with van der Waals surface area (Å²) < 4.78 is 0. The third-order valence-electron chi connectivity index (χ3n) is 3.61. The van der Waals surface area contributed by atoms with Crippen LogP contribution in [0.5, 0.6) is 0 Å². The van der Waals surface area contributed by atoms with Crippen molar-refractivity contribution >= 4 is 12.0 Å². The lowest BCUT2D eigenvalue weighted by Crippen LogP contribution is -2.48. The van der Waals surface area contributed by atoms with E-state index in [1.165, 1.54) is 0 Å². The van der Waals surface area contributed by atoms with Gasteiger partial charge < -0.3 is 20.3 Å². The molecule has 20 heavy (non-hydrogen) atoms. The van der Waals surface area contributed by atoms with Crippen LogP contribution in [0, 0.1) is 5.92 Å². The fourth-order valence-electron chi connectivity index (χ4n) is 2.44. The van der Waals surface area contributed by atoms with Crippen molar-refractivity contribution in [2.45, 2.75) is 32.2 Å². The SMILES string of the molecule is CCC(NC(=O)N1CCC[C@H](C(=O)O)C1)c1ncc[nH]1. The van der Waals surface area contributed by atoms with Gasteiger partial charge in [0.25, 0.3) is 0 Å². The molecular formula is C13H20N4O3. The first kappa shape index (κ1) is 14.4. The van der Waals surface area contributed by atoms with Crippen molar-refractivity contribution in [1.29, 1.82) is 0 Å². The third-order valence-corrected chi connectivity index (χ3v) is 3.61. The van der Waals surface area contributed by atoms with Gasteiger partial charge in [-0.05, 0) is 19.3 Å². The van der Waals surface area contributed by atoms with Crippen molar-refractivity contribution in [2.75, 3.05) is 13.1 Å². The van der Waals surface area contributed by atoms with Gasteiger partial charge in [0.1, 0.15) is 5.82 Å². The van der Waals surface area contributed by atoms with Crippen molar-refractivity contribution in [3.05, 3.63) is 18.2 Å². The summed E-state index contributed by atoms with van der Waals surface area (Å²) in [7, 11) is 0. The maximum absolute atomic E-state index is 12.2. The highest BCUT2D eigenvalue weighted by Gasteiger charge is 2.29. The Bertz CT molecular complexity index is 460. The number of urea groups is 1. The zero-order valence-corrected chi connectivity index (χ0v) is 11.5. The quantitative estimate of drug-likeness (QED) is 0.775. The van der Waals surface area contributed by atoms with Crippen LogP contribution < -0.4 is 5.32 Å². The smallest absolute Gasteiger partial charge is 0.318 e. The summed E-state index contributed by atoms with van der Waals surface area (Å²) in [6, 6.07) is -0.401. The standard InChI is InChI=1S/C13H20N4O3/c1-2-10(11-14-5-6-15-11)16-13(20)17-7-3-4-9(8-17)12(18)19/h5-6,9-10H,2-4,7-8H2,1H3,(H,14,15)(H,16,20)(H,18,19)/t9-,10?/m0/s1. The summed E-state index contributed by atoms with van der Waals surface area (Å²) in [6.45, 7) is 2.84. The first-order valence-electron chi connectivity index (χ1n) is 6.89. The van der Waals surface area contributed by atoms with E-state index >= 15 is 0 Å². The topological polar surface area (TPSA) is 98.3 Å². The van der Waals surface area contributed by atoms with Crippen molar-refractivity contribution in [3.8, 4) is 0 Å². The summed E-state index contributed by atoms with van der Waals surface area (Å²) in [5.74, 6) is -0.577. The van der Waals surface area contributed by atoms with Crippen LogP contribution >= 0.6 is 0 Å². The minimum absolute atomic E-state index is 0.178. The molecule has 2 rings (SSSR count). The van der Waals surface area contributed by atoms with Gasteiger partial charge in [-0.15, -0.1) is 0 Å². The van der Waals surface area contributed by atoms with Gasteiger partial charge in [-0.25, -0.2) is 9.78 Å². The zero-order valence-electron chi connectivity index (χ0n) is 11.5. The van der Waals surface area contributed by atoms with E-state index in [1.54, 1.807) is 17.3 Å². The lowest BCUT2D eigenvalue weighted by molar-refractivity contribution is -0.143. The van der Waals surface area contributed by atoms with E-state index in [4.69, 9.17) is 5.11 Å². The zero-order chi connectivity index (χ0) is 14.5. The summed E-state index contributed by atoms with van der Waals surface area (Å²) in [4.78, 5) is 31.9. The number of aromatic nitrogens is 2. The number of aliphatic carboxylic acids is 1. The molecule has 2 amide bonds. The van der Waals surface area contributed by atoms with E-state index in [1.807, 2.05) is 6.92 Å². The number of nitrogens with one attached hydrogen (secondary N) is 2. The molecule has 110 valence electrons. The first-order chi connectivity index (χ1) is 9.61. The largest absolute Gasteiger partial charge is 0.481 e. The van der Waals surface area contributed by atoms with Crippen molar-refractivity contribution in [1.82, 2.24) is 20.2 Å². The fourth-order valence-corrected chi connectivity index (χ4v) is 2.44. The van der Waals surface area contributed by atoms with Crippen LogP contribution in [0.4, 0.5) is 4.79 Å². The van der Waals surface area contributed by atoms with Gasteiger partial charge in [-0.2, -0.15) is 0 Å². The number of rotatable bonds is 4. The van der Waals surface area contributed by atoms with Gasteiger partial charge in [-0.3, -0.25) is 4.79 Å². The van der Waals surface area contributed by atoms with E-state index in [-0.39, 0.29) is 18.6 Å². The highest BCUT2D eigenvalue weighted by molar-refractivity contribution is 5.76. The number of H-pyrrole nitrogens is 1. The number of carboxylic acids is 1. The molecule has 7 heteroatoms. The van der Waals surface area contributed by atoms with Crippen molar-refractivity contribution in [3.63, 3.8) is 0 Å². The summed E-state index contributed by atoms with van der Waals surface area (Å²) in [5.41, 5.74) is 0. The molecule has 1 unspecified atom stereocenters. The Morgan fingerprint density at radius 1 is 1.65 bits per heavy atom. The van der Waals surface area contributed by atoms with Gasteiger partial charge >= 0.3 is 12.0 Å². The number of piperidine rings is 1. The second-order valence-corrected chi connectivity index (χ2v) is 5.01. The molecule has 0 saturated carbocycles. The van der Waals surface area contributed by atoms with E-state index in [0.29, 0.717) is 18.8 Å². The molecule has 0 radical (unpaired) electrons. The number of aromatic amines is 1. The van der Waals surface area contributed by atoms with Crippen molar-refractivity contribution < 1.29 is 14.7 Å². The Hall–Kier alpha value is -2.05. The average molecular weight is 280 g/mol. The van der Waals surface area contributed by atoms with Crippen LogP contribution in [0.1, 0.15) is 38.1 Å². The molecule has 1 aliphatic heterocycles. The molecule has 0 aliphatic carbocycles.